The number of nitrogens with zero attached hydrogens (tertiary/aromatic N) is 2. The smallest absolute Gasteiger partial charge is 0.145 e. The van der Waals surface area contributed by atoms with Gasteiger partial charge in [0.1, 0.15) is 5.84 Å². The molecule has 0 aliphatic carbocycles. The molecule has 2 heterocycles. The van der Waals surface area contributed by atoms with Gasteiger partial charge in [-0.25, -0.2) is 0 Å². The molecule has 1 aromatic heterocycles. The van der Waals surface area contributed by atoms with Gasteiger partial charge < -0.3 is 9.88 Å². The Kier molecular flexibility index (Phi) is 3.75. The van der Waals surface area contributed by atoms with Crippen molar-refractivity contribution in [3.05, 3.63) is 70.8 Å². The van der Waals surface area contributed by atoms with Gasteiger partial charge in [0.25, 0.3) is 0 Å². The van der Waals surface area contributed by atoms with Gasteiger partial charge in [-0.15, -0.1) is 0 Å². The van der Waals surface area contributed by atoms with E-state index in [0.717, 1.165) is 34.7 Å². The van der Waals surface area contributed by atoms with E-state index >= 15 is 0 Å². The quantitative estimate of drug-likeness (QED) is 0.731. The predicted molar refractivity (Wildman–Crippen MR) is 101 cm³/mol. The van der Waals surface area contributed by atoms with Gasteiger partial charge in [-0.2, -0.15) is 0 Å². The van der Waals surface area contributed by atoms with Crippen molar-refractivity contribution in [2.45, 2.75) is 0 Å². The maximum Gasteiger partial charge on any atom is 0.145 e. The highest BCUT2D eigenvalue weighted by Gasteiger charge is 2.15. The molecule has 0 atom stereocenters. The fourth-order valence-corrected chi connectivity index (χ4v) is 3.10. The highest BCUT2D eigenvalue weighted by Crippen LogP contribution is 2.23. The lowest BCUT2D eigenvalue weighted by atomic mass is 10.2. The Hall–Kier alpha value is -2.33. The summed E-state index contributed by atoms with van der Waals surface area (Å²) in [4.78, 5) is 4.62. The van der Waals surface area contributed by atoms with E-state index < -0.39 is 0 Å². The number of halogens is 1. The van der Waals surface area contributed by atoms with Crippen LogP contribution in [0.3, 0.4) is 0 Å². The zero-order valence-corrected chi connectivity index (χ0v) is 14.1. The summed E-state index contributed by atoms with van der Waals surface area (Å²) < 4.78 is 3.29. The molecule has 0 spiro atoms. The van der Waals surface area contributed by atoms with E-state index in [1.165, 1.54) is 10.9 Å². The first kappa shape index (κ1) is 14.3. The number of hydrogen-bond donors (Lipinski definition) is 1. The van der Waals surface area contributed by atoms with Crippen molar-refractivity contribution in [3.63, 3.8) is 0 Å². The van der Waals surface area contributed by atoms with Crippen molar-refractivity contribution in [1.29, 1.82) is 0 Å². The molecule has 0 unspecified atom stereocenters. The lowest BCUT2D eigenvalue weighted by molar-refractivity contribution is 0.959. The first-order chi connectivity index (χ1) is 11.3. The number of aromatic nitrogens is 1. The number of benzene rings is 2. The molecule has 0 radical (unpaired) electrons. The van der Waals surface area contributed by atoms with Gasteiger partial charge in [0.2, 0.25) is 0 Å². The van der Waals surface area contributed by atoms with Crippen molar-refractivity contribution in [2.24, 2.45) is 4.99 Å². The molecular formula is C19H16BrN3. The highest BCUT2D eigenvalue weighted by molar-refractivity contribution is 9.10. The SMILES string of the molecule is Brc1ccc(/C=C(/C2=NCCN2)n2ccc3ccccc32)cc1. The molecule has 3 aromatic rings. The van der Waals surface area contributed by atoms with E-state index in [9.17, 15) is 0 Å². The van der Waals surface area contributed by atoms with Gasteiger partial charge in [-0.3, -0.25) is 4.99 Å². The van der Waals surface area contributed by atoms with Crippen LogP contribution in [0.5, 0.6) is 0 Å². The summed E-state index contributed by atoms with van der Waals surface area (Å²) in [6.07, 6.45) is 4.29. The van der Waals surface area contributed by atoms with Gasteiger partial charge in [-0.05, 0) is 41.3 Å². The van der Waals surface area contributed by atoms with Crippen molar-refractivity contribution < 1.29 is 0 Å². The van der Waals surface area contributed by atoms with Crippen LogP contribution in [0.15, 0.2) is 70.3 Å². The molecule has 114 valence electrons. The van der Waals surface area contributed by atoms with Crippen LogP contribution >= 0.6 is 15.9 Å². The van der Waals surface area contributed by atoms with Gasteiger partial charge >= 0.3 is 0 Å². The van der Waals surface area contributed by atoms with E-state index in [2.05, 4.69) is 97.7 Å². The number of fused-ring (bicyclic) bond motifs is 1. The molecular weight excluding hydrogens is 350 g/mol. The van der Waals surface area contributed by atoms with Crippen molar-refractivity contribution in [3.8, 4) is 0 Å². The minimum atomic E-state index is 0.826. The fourth-order valence-electron chi connectivity index (χ4n) is 2.83. The van der Waals surface area contributed by atoms with Crippen LogP contribution < -0.4 is 5.32 Å². The Balaban J connectivity index is 1.87. The first-order valence-corrected chi connectivity index (χ1v) is 8.43. The zero-order chi connectivity index (χ0) is 15.6. The molecule has 0 saturated heterocycles. The topological polar surface area (TPSA) is 29.3 Å². The van der Waals surface area contributed by atoms with E-state index in [1.807, 2.05) is 0 Å². The summed E-state index contributed by atoms with van der Waals surface area (Å²) >= 11 is 3.49. The molecule has 0 fully saturated rings. The molecule has 0 saturated carbocycles. The molecule has 1 aliphatic heterocycles. The van der Waals surface area contributed by atoms with E-state index in [-0.39, 0.29) is 0 Å². The summed E-state index contributed by atoms with van der Waals surface area (Å²) in [5.74, 6) is 0.953. The molecule has 23 heavy (non-hydrogen) atoms. The Labute approximate surface area is 143 Å². The zero-order valence-electron chi connectivity index (χ0n) is 12.5. The number of hydrogen-bond acceptors (Lipinski definition) is 2. The van der Waals surface area contributed by atoms with Crippen molar-refractivity contribution >= 4 is 44.4 Å². The molecule has 4 rings (SSSR count). The van der Waals surface area contributed by atoms with Gasteiger partial charge in [-0.1, -0.05) is 46.3 Å². The second-order valence-electron chi connectivity index (χ2n) is 5.48. The summed E-state index contributed by atoms with van der Waals surface area (Å²) in [5, 5.41) is 4.62. The number of rotatable bonds is 3. The van der Waals surface area contributed by atoms with Crippen molar-refractivity contribution in [2.75, 3.05) is 13.1 Å². The van der Waals surface area contributed by atoms with Crippen LogP contribution in [0.4, 0.5) is 0 Å². The van der Waals surface area contributed by atoms with Gasteiger partial charge in [0.15, 0.2) is 0 Å². The Bertz CT molecular complexity index is 904. The summed E-state index contributed by atoms with van der Waals surface area (Å²) in [5.41, 5.74) is 3.41. The van der Waals surface area contributed by atoms with Crippen LogP contribution in [0.1, 0.15) is 5.56 Å². The minimum Gasteiger partial charge on any atom is -0.367 e. The van der Waals surface area contributed by atoms with E-state index in [1.54, 1.807) is 0 Å². The van der Waals surface area contributed by atoms with Crippen LogP contribution in [-0.2, 0) is 0 Å². The summed E-state index contributed by atoms with van der Waals surface area (Å²) in [7, 11) is 0. The summed E-state index contributed by atoms with van der Waals surface area (Å²) in [6, 6.07) is 18.9. The average molecular weight is 366 g/mol. The third kappa shape index (κ3) is 2.82. The molecule has 4 heteroatoms. The summed E-state index contributed by atoms with van der Waals surface area (Å²) in [6.45, 7) is 1.72. The van der Waals surface area contributed by atoms with Crippen LogP contribution in [-0.4, -0.2) is 23.5 Å². The average Bonchev–Trinajstić information content (AvgIpc) is 3.24. The molecule has 1 N–H and O–H groups in total. The maximum atomic E-state index is 4.62. The predicted octanol–water partition coefficient (Wildman–Crippen LogP) is 4.40. The number of aliphatic imine (C=N–C) groups is 1. The molecule has 1 aliphatic rings. The normalized spacial score (nSPS) is 14.8. The fraction of sp³-hybridized carbons (Fsp3) is 0.105. The van der Waals surface area contributed by atoms with Gasteiger partial charge in [0, 0.05) is 17.2 Å². The lowest BCUT2D eigenvalue weighted by Gasteiger charge is -2.12. The molecule has 0 amide bonds. The number of nitrogens with one attached hydrogen (secondary N) is 1. The van der Waals surface area contributed by atoms with Crippen LogP contribution in [0.25, 0.3) is 22.7 Å². The Morgan fingerprint density at radius 2 is 1.91 bits per heavy atom. The molecule has 2 aromatic carbocycles. The monoisotopic (exact) mass is 365 g/mol. The van der Waals surface area contributed by atoms with Crippen LogP contribution in [0, 0.1) is 0 Å². The van der Waals surface area contributed by atoms with Gasteiger partial charge in [0.05, 0.1) is 17.8 Å². The number of amidine groups is 1. The lowest BCUT2D eigenvalue weighted by Crippen LogP contribution is -2.22. The third-order valence-electron chi connectivity index (χ3n) is 3.95. The first-order valence-electron chi connectivity index (χ1n) is 7.64. The van der Waals surface area contributed by atoms with E-state index in [0.29, 0.717) is 0 Å². The van der Waals surface area contributed by atoms with E-state index in [4.69, 9.17) is 0 Å². The Morgan fingerprint density at radius 3 is 2.70 bits per heavy atom. The standard InChI is InChI=1S/C19H16BrN3/c20-16-7-5-14(6-8-16)13-18(19-21-10-11-22-19)23-12-9-15-3-1-2-4-17(15)23/h1-9,12-13H,10-11H2,(H,21,22)/b18-13-. The highest BCUT2D eigenvalue weighted by atomic mass is 79.9. The minimum absolute atomic E-state index is 0.826. The second kappa shape index (κ2) is 6.05. The largest absolute Gasteiger partial charge is 0.367 e. The maximum absolute atomic E-state index is 4.62. The third-order valence-corrected chi connectivity index (χ3v) is 4.48. The van der Waals surface area contributed by atoms with Crippen molar-refractivity contribution in [1.82, 2.24) is 9.88 Å². The second-order valence-corrected chi connectivity index (χ2v) is 6.40. The molecule has 3 nitrogen and oxygen atoms in total. The van der Waals surface area contributed by atoms with Crippen LogP contribution in [0.2, 0.25) is 0 Å². The Morgan fingerprint density at radius 1 is 1.09 bits per heavy atom. The number of para-hydroxylation sites is 1. The molecule has 0 bridgehead atoms.